The Morgan fingerprint density at radius 2 is 1.73 bits per heavy atom. The van der Waals surface area contributed by atoms with E-state index in [4.69, 9.17) is 0 Å². The van der Waals surface area contributed by atoms with Crippen molar-refractivity contribution in [1.82, 2.24) is 0 Å². The van der Waals surface area contributed by atoms with Crippen LogP contribution in [0.2, 0.25) is 0 Å². The summed E-state index contributed by atoms with van der Waals surface area (Å²) < 4.78 is 0. The maximum atomic E-state index is 10.1. The molecule has 0 bridgehead atoms. The number of rotatable bonds is 1. The molecule has 1 aliphatic rings. The Morgan fingerprint density at radius 3 is 2.40 bits per heavy atom. The first kappa shape index (κ1) is 10.5. The summed E-state index contributed by atoms with van der Waals surface area (Å²) in [5, 5.41) is 10.1. The van der Waals surface area contributed by atoms with E-state index < -0.39 is 0 Å². The van der Waals surface area contributed by atoms with Gasteiger partial charge in [0.2, 0.25) is 0 Å². The van der Waals surface area contributed by atoms with Crippen LogP contribution in [0.3, 0.4) is 0 Å². The Kier molecular flexibility index (Phi) is 2.99. The molecule has 1 saturated carbocycles. The molecule has 1 aromatic rings. The van der Waals surface area contributed by atoms with E-state index in [0.717, 1.165) is 5.56 Å². The van der Waals surface area contributed by atoms with Crippen LogP contribution in [0.15, 0.2) is 12.1 Å². The zero-order valence-corrected chi connectivity index (χ0v) is 9.71. The van der Waals surface area contributed by atoms with E-state index in [0.29, 0.717) is 11.7 Å². The van der Waals surface area contributed by atoms with Crippen LogP contribution < -0.4 is 0 Å². The Balaban J connectivity index is 2.33. The van der Waals surface area contributed by atoms with Gasteiger partial charge >= 0.3 is 0 Å². The van der Waals surface area contributed by atoms with Crippen LogP contribution in [-0.2, 0) is 0 Å². The van der Waals surface area contributed by atoms with Crippen molar-refractivity contribution >= 4 is 0 Å². The second kappa shape index (κ2) is 4.26. The fourth-order valence-corrected chi connectivity index (χ4v) is 2.72. The predicted molar refractivity (Wildman–Crippen MR) is 63.4 cm³/mol. The maximum absolute atomic E-state index is 10.1. The molecular formula is C14H20O. The van der Waals surface area contributed by atoms with Gasteiger partial charge in [-0.2, -0.15) is 0 Å². The average Bonchev–Trinajstić information content (AvgIpc) is 2.24. The minimum Gasteiger partial charge on any atom is -0.507 e. The van der Waals surface area contributed by atoms with Crippen LogP contribution in [0.4, 0.5) is 0 Å². The smallest absolute Gasteiger partial charge is 0.121 e. The highest BCUT2D eigenvalue weighted by molar-refractivity contribution is 5.44. The lowest BCUT2D eigenvalue weighted by molar-refractivity contribution is 0.412. The van der Waals surface area contributed by atoms with Crippen LogP contribution in [-0.4, -0.2) is 5.11 Å². The molecule has 82 valence electrons. The number of aromatic hydroxyl groups is 1. The summed E-state index contributed by atoms with van der Waals surface area (Å²) in [6.45, 7) is 4.10. The van der Waals surface area contributed by atoms with E-state index in [9.17, 15) is 5.11 Å². The quantitative estimate of drug-likeness (QED) is 0.731. The zero-order chi connectivity index (χ0) is 10.8. The Hall–Kier alpha value is -0.980. The second-order valence-electron chi connectivity index (χ2n) is 4.85. The largest absolute Gasteiger partial charge is 0.507 e. The number of aryl methyl sites for hydroxylation is 2. The molecule has 2 rings (SSSR count). The fraction of sp³-hybridized carbons (Fsp3) is 0.571. The summed E-state index contributed by atoms with van der Waals surface area (Å²) in [5.41, 5.74) is 3.48. The molecule has 1 heteroatoms. The van der Waals surface area contributed by atoms with E-state index in [1.807, 2.05) is 6.92 Å². The molecule has 0 heterocycles. The summed E-state index contributed by atoms with van der Waals surface area (Å²) in [7, 11) is 0. The van der Waals surface area contributed by atoms with Gasteiger partial charge in [0, 0.05) is 0 Å². The topological polar surface area (TPSA) is 20.2 Å². The molecule has 0 atom stereocenters. The van der Waals surface area contributed by atoms with Crippen molar-refractivity contribution in [2.75, 3.05) is 0 Å². The van der Waals surface area contributed by atoms with Gasteiger partial charge in [-0.25, -0.2) is 0 Å². The number of hydrogen-bond acceptors (Lipinski definition) is 1. The lowest BCUT2D eigenvalue weighted by Crippen LogP contribution is -2.05. The number of benzene rings is 1. The van der Waals surface area contributed by atoms with E-state index in [1.165, 1.54) is 43.2 Å². The van der Waals surface area contributed by atoms with Crippen molar-refractivity contribution in [2.45, 2.75) is 51.9 Å². The first-order valence-corrected chi connectivity index (χ1v) is 5.98. The first-order chi connectivity index (χ1) is 7.18. The SMILES string of the molecule is Cc1cc(C)c(O)c(C2CCCCC2)c1. The van der Waals surface area contributed by atoms with Gasteiger partial charge in [-0.3, -0.25) is 0 Å². The van der Waals surface area contributed by atoms with Gasteiger partial charge in [0.25, 0.3) is 0 Å². The van der Waals surface area contributed by atoms with E-state index in [1.54, 1.807) is 0 Å². The Labute approximate surface area is 92.1 Å². The standard InChI is InChI=1S/C14H20O/c1-10-8-11(2)14(15)13(9-10)12-6-4-3-5-7-12/h8-9,12,15H,3-7H2,1-2H3. The normalized spacial score (nSPS) is 18.0. The van der Waals surface area contributed by atoms with Gasteiger partial charge in [-0.1, -0.05) is 37.0 Å². The highest BCUT2D eigenvalue weighted by atomic mass is 16.3. The minimum absolute atomic E-state index is 0.535. The first-order valence-electron chi connectivity index (χ1n) is 5.98. The van der Waals surface area contributed by atoms with E-state index in [2.05, 4.69) is 19.1 Å². The molecule has 1 fully saturated rings. The van der Waals surface area contributed by atoms with Crippen LogP contribution >= 0.6 is 0 Å². The van der Waals surface area contributed by atoms with Crippen LogP contribution in [0.25, 0.3) is 0 Å². The van der Waals surface area contributed by atoms with Crippen molar-refractivity contribution in [1.29, 1.82) is 0 Å². The van der Waals surface area contributed by atoms with Gasteiger partial charge in [0.15, 0.2) is 0 Å². The van der Waals surface area contributed by atoms with Crippen molar-refractivity contribution in [3.63, 3.8) is 0 Å². The summed E-state index contributed by atoms with van der Waals surface area (Å²) in [5.74, 6) is 1.13. The lowest BCUT2D eigenvalue weighted by atomic mass is 9.82. The number of phenolic OH excluding ortho intramolecular Hbond substituents is 1. The third kappa shape index (κ3) is 2.17. The highest BCUT2D eigenvalue weighted by Crippen LogP contribution is 2.38. The Morgan fingerprint density at radius 1 is 1.07 bits per heavy atom. The molecular weight excluding hydrogens is 184 g/mol. The van der Waals surface area contributed by atoms with Gasteiger partial charge in [-0.15, -0.1) is 0 Å². The minimum atomic E-state index is 0.535. The molecule has 1 nitrogen and oxygen atoms in total. The summed E-state index contributed by atoms with van der Waals surface area (Å²) in [6.07, 6.45) is 6.49. The van der Waals surface area contributed by atoms with Gasteiger partial charge in [0.05, 0.1) is 0 Å². The molecule has 0 spiro atoms. The van der Waals surface area contributed by atoms with Crippen molar-refractivity contribution in [3.05, 3.63) is 28.8 Å². The molecule has 0 radical (unpaired) electrons. The van der Waals surface area contributed by atoms with Crippen LogP contribution in [0.1, 0.15) is 54.7 Å². The lowest BCUT2D eigenvalue weighted by Gasteiger charge is -2.23. The van der Waals surface area contributed by atoms with Crippen LogP contribution in [0, 0.1) is 13.8 Å². The molecule has 0 amide bonds. The fourth-order valence-electron chi connectivity index (χ4n) is 2.72. The molecule has 15 heavy (non-hydrogen) atoms. The van der Waals surface area contributed by atoms with Crippen LogP contribution in [0.5, 0.6) is 5.75 Å². The average molecular weight is 204 g/mol. The Bertz CT molecular complexity index is 349. The van der Waals surface area contributed by atoms with Crippen molar-refractivity contribution in [2.24, 2.45) is 0 Å². The van der Waals surface area contributed by atoms with Crippen molar-refractivity contribution in [3.8, 4) is 5.75 Å². The molecule has 1 N–H and O–H groups in total. The summed E-state index contributed by atoms with van der Waals surface area (Å²) in [4.78, 5) is 0. The van der Waals surface area contributed by atoms with Gasteiger partial charge < -0.3 is 5.11 Å². The zero-order valence-electron chi connectivity index (χ0n) is 9.71. The molecule has 1 aliphatic carbocycles. The molecule has 1 aromatic carbocycles. The van der Waals surface area contributed by atoms with E-state index >= 15 is 0 Å². The van der Waals surface area contributed by atoms with Gasteiger partial charge in [0.1, 0.15) is 5.75 Å². The number of hydrogen-bond donors (Lipinski definition) is 1. The van der Waals surface area contributed by atoms with Gasteiger partial charge in [-0.05, 0) is 43.7 Å². The second-order valence-corrected chi connectivity index (χ2v) is 4.85. The highest BCUT2D eigenvalue weighted by Gasteiger charge is 2.19. The predicted octanol–water partition coefficient (Wildman–Crippen LogP) is 4.06. The maximum Gasteiger partial charge on any atom is 0.121 e. The van der Waals surface area contributed by atoms with Crippen molar-refractivity contribution < 1.29 is 5.11 Å². The summed E-state index contributed by atoms with van der Waals surface area (Å²) in [6, 6.07) is 4.22. The summed E-state index contributed by atoms with van der Waals surface area (Å²) >= 11 is 0. The number of phenols is 1. The molecule has 0 saturated heterocycles. The third-order valence-electron chi connectivity index (χ3n) is 3.52. The molecule has 0 aliphatic heterocycles. The molecule has 0 aromatic heterocycles. The monoisotopic (exact) mass is 204 g/mol. The third-order valence-corrected chi connectivity index (χ3v) is 3.52. The van der Waals surface area contributed by atoms with E-state index in [-0.39, 0.29) is 0 Å². The molecule has 0 unspecified atom stereocenters.